The van der Waals surface area contributed by atoms with Crippen LogP contribution in [0.5, 0.6) is 0 Å². The number of hydrogen-bond donors (Lipinski definition) is 4. The second kappa shape index (κ2) is 6.75. The van der Waals surface area contributed by atoms with Crippen LogP contribution in [0.15, 0.2) is 24.3 Å². The van der Waals surface area contributed by atoms with Gasteiger partial charge in [-0.1, -0.05) is 18.2 Å². The van der Waals surface area contributed by atoms with Gasteiger partial charge in [0.1, 0.15) is 12.1 Å². The fourth-order valence-electron chi connectivity index (χ4n) is 5.07. The smallest absolute Gasteiger partial charge is 0.322 e. The molecule has 3 heterocycles. The highest BCUT2D eigenvalue weighted by Gasteiger charge is 2.48. The number of likely N-dealkylation sites (tertiary alicyclic amines) is 1. The summed E-state index contributed by atoms with van der Waals surface area (Å²) in [5.74, 6) is -0.355. The molecule has 2 saturated heterocycles. The molecule has 3 fully saturated rings. The maximum Gasteiger partial charge on any atom is 0.322 e. The highest BCUT2D eigenvalue weighted by atomic mass is 16.2. The number of nitrogens with one attached hydrogen (secondary N) is 4. The van der Waals surface area contributed by atoms with E-state index in [-0.39, 0.29) is 42.3 Å². The summed E-state index contributed by atoms with van der Waals surface area (Å²) < 4.78 is 0. The predicted molar refractivity (Wildman–Crippen MR) is 103 cm³/mol. The third-order valence-electron chi connectivity index (χ3n) is 6.51. The van der Waals surface area contributed by atoms with Crippen LogP contribution in [-0.2, 0) is 20.8 Å². The summed E-state index contributed by atoms with van der Waals surface area (Å²) in [5.41, 5.74) is 2.17. The summed E-state index contributed by atoms with van der Waals surface area (Å²) in [4.78, 5) is 50.0. The number of benzene rings is 1. The van der Waals surface area contributed by atoms with Gasteiger partial charge in [0.25, 0.3) is 5.91 Å². The van der Waals surface area contributed by atoms with Gasteiger partial charge in [-0.3, -0.25) is 19.7 Å². The molecule has 0 radical (unpaired) electrons. The van der Waals surface area contributed by atoms with E-state index in [2.05, 4.69) is 21.3 Å². The van der Waals surface area contributed by atoms with E-state index < -0.39 is 18.0 Å². The van der Waals surface area contributed by atoms with Crippen LogP contribution < -0.4 is 21.3 Å². The maximum atomic E-state index is 12.7. The Morgan fingerprint density at radius 3 is 2.66 bits per heavy atom. The average molecular weight is 397 g/mol. The first-order chi connectivity index (χ1) is 14.0. The lowest BCUT2D eigenvalue weighted by atomic mass is 10.0. The maximum absolute atomic E-state index is 12.7. The molecule has 0 spiro atoms. The minimum absolute atomic E-state index is 0.00182. The van der Waals surface area contributed by atoms with Crippen LogP contribution in [0.25, 0.3) is 0 Å². The first-order valence-electron chi connectivity index (χ1n) is 10.0. The number of carbonyl (C=O) groups excluding carboxylic acids is 4. The third-order valence-corrected chi connectivity index (χ3v) is 6.51. The fraction of sp³-hybridized carbons (Fsp3) is 0.500. The van der Waals surface area contributed by atoms with Crippen LogP contribution in [0.3, 0.4) is 0 Å². The molecule has 1 aliphatic carbocycles. The zero-order chi connectivity index (χ0) is 20.1. The van der Waals surface area contributed by atoms with Crippen LogP contribution in [0.2, 0.25) is 0 Å². The van der Waals surface area contributed by atoms with Crippen molar-refractivity contribution in [3.05, 3.63) is 29.8 Å². The number of anilines is 1. The van der Waals surface area contributed by atoms with E-state index in [0.29, 0.717) is 13.0 Å². The SMILES string of the molecule is O=C1NC(=O)C(CC(=O)N2C[C@H]3C[C@@H]2C[C@H]3NC(=O)[C@H]2Cc3ccccc3N2)N1. The molecule has 1 aromatic carbocycles. The van der Waals surface area contributed by atoms with Gasteiger partial charge in [0.05, 0.1) is 6.42 Å². The molecule has 1 saturated carbocycles. The lowest BCUT2D eigenvalue weighted by Gasteiger charge is -2.33. The molecule has 1 aromatic rings. The van der Waals surface area contributed by atoms with Crippen LogP contribution >= 0.6 is 0 Å². The van der Waals surface area contributed by atoms with E-state index in [4.69, 9.17) is 0 Å². The molecule has 152 valence electrons. The van der Waals surface area contributed by atoms with Gasteiger partial charge in [-0.2, -0.15) is 0 Å². The van der Waals surface area contributed by atoms with Crippen molar-refractivity contribution in [1.29, 1.82) is 0 Å². The Labute approximate surface area is 167 Å². The minimum atomic E-state index is -0.792. The van der Waals surface area contributed by atoms with Crippen molar-refractivity contribution in [1.82, 2.24) is 20.9 Å². The highest BCUT2D eigenvalue weighted by molar-refractivity contribution is 6.05. The largest absolute Gasteiger partial charge is 0.373 e. The Morgan fingerprint density at radius 1 is 1.14 bits per heavy atom. The molecule has 5 atom stereocenters. The molecule has 0 aromatic heterocycles. The van der Waals surface area contributed by atoms with Gasteiger partial charge < -0.3 is 20.9 Å². The second-order valence-electron chi connectivity index (χ2n) is 8.32. The molecule has 5 rings (SSSR count). The number of rotatable bonds is 4. The van der Waals surface area contributed by atoms with E-state index in [1.54, 1.807) is 4.90 Å². The monoisotopic (exact) mass is 397 g/mol. The van der Waals surface area contributed by atoms with Crippen molar-refractivity contribution in [2.24, 2.45) is 5.92 Å². The standard InChI is InChI=1S/C20H23N5O4/c26-17(8-16-19(28)24-20(29)23-16)25-9-11-5-12(25)7-14(11)22-18(27)15-6-10-3-1-2-4-13(10)21-15/h1-4,11-12,14-16,21H,5-9H2,(H,22,27)(H2,23,24,28,29)/t11-,12-,14-,15-,16?/m1/s1. The van der Waals surface area contributed by atoms with Crippen LogP contribution in [0, 0.1) is 5.92 Å². The lowest BCUT2D eigenvalue weighted by Crippen LogP contribution is -2.51. The third kappa shape index (κ3) is 3.20. The second-order valence-corrected chi connectivity index (χ2v) is 8.32. The van der Waals surface area contributed by atoms with E-state index in [9.17, 15) is 19.2 Å². The number of imide groups is 1. The van der Waals surface area contributed by atoms with Crippen molar-refractivity contribution in [2.75, 3.05) is 11.9 Å². The lowest BCUT2D eigenvalue weighted by molar-refractivity contribution is -0.135. The molecule has 2 bridgehead atoms. The summed E-state index contributed by atoms with van der Waals surface area (Å²) in [5, 5.41) is 11.1. The average Bonchev–Trinajstić information content (AvgIpc) is 3.44. The zero-order valence-electron chi connectivity index (χ0n) is 15.8. The van der Waals surface area contributed by atoms with Crippen molar-refractivity contribution >= 4 is 29.4 Å². The van der Waals surface area contributed by atoms with Gasteiger partial charge in [-0.15, -0.1) is 0 Å². The zero-order valence-corrected chi connectivity index (χ0v) is 15.8. The number of amides is 5. The molecule has 29 heavy (non-hydrogen) atoms. The van der Waals surface area contributed by atoms with Gasteiger partial charge >= 0.3 is 6.03 Å². The summed E-state index contributed by atoms with van der Waals surface area (Å²) in [6, 6.07) is 6.48. The minimum Gasteiger partial charge on any atom is -0.373 e. The number of para-hydroxylation sites is 1. The van der Waals surface area contributed by atoms with Gasteiger partial charge in [0.2, 0.25) is 11.8 Å². The van der Waals surface area contributed by atoms with Crippen LogP contribution in [0.4, 0.5) is 10.5 Å². The van der Waals surface area contributed by atoms with Crippen molar-refractivity contribution in [3.8, 4) is 0 Å². The number of carbonyl (C=O) groups is 4. The molecule has 4 N–H and O–H groups in total. The number of urea groups is 1. The normalized spacial score (nSPS) is 31.9. The van der Waals surface area contributed by atoms with Gasteiger partial charge in [-0.05, 0) is 30.4 Å². The van der Waals surface area contributed by atoms with Crippen molar-refractivity contribution < 1.29 is 19.2 Å². The number of hydrogen-bond acceptors (Lipinski definition) is 5. The highest BCUT2D eigenvalue weighted by Crippen LogP contribution is 2.38. The number of fused-ring (bicyclic) bond motifs is 3. The Kier molecular flexibility index (Phi) is 4.18. The molecular formula is C20H23N5O4. The Morgan fingerprint density at radius 2 is 1.97 bits per heavy atom. The first kappa shape index (κ1) is 18.0. The number of piperidine rings is 1. The van der Waals surface area contributed by atoms with Crippen molar-refractivity contribution in [3.63, 3.8) is 0 Å². The quantitative estimate of drug-likeness (QED) is 0.522. The molecule has 3 aliphatic heterocycles. The topological polar surface area (TPSA) is 120 Å². The molecular weight excluding hydrogens is 374 g/mol. The molecule has 9 nitrogen and oxygen atoms in total. The molecule has 9 heteroatoms. The van der Waals surface area contributed by atoms with Gasteiger partial charge in [0, 0.05) is 30.7 Å². The van der Waals surface area contributed by atoms with Crippen LogP contribution in [0.1, 0.15) is 24.8 Å². The van der Waals surface area contributed by atoms with E-state index in [1.807, 2.05) is 24.3 Å². The van der Waals surface area contributed by atoms with E-state index >= 15 is 0 Å². The molecule has 4 aliphatic rings. The van der Waals surface area contributed by atoms with Crippen LogP contribution in [-0.4, -0.2) is 59.4 Å². The fourth-order valence-corrected chi connectivity index (χ4v) is 5.07. The predicted octanol–water partition coefficient (Wildman–Crippen LogP) is -0.273. The first-order valence-corrected chi connectivity index (χ1v) is 10.0. The van der Waals surface area contributed by atoms with E-state index in [0.717, 1.165) is 24.1 Å². The Bertz CT molecular complexity index is 878. The van der Waals surface area contributed by atoms with Gasteiger partial charge in [0.15, 0.2) is 0 Å². The molecule has 5 amide bonds. The van der Waals surface area contributed by atoms with E-state index in [1.165, 1.54) is 0 Å². The summed E-state index contributed by atoms with van der Waals surface area (Å²) in [6.07, 6.45) is 2.24. The summed E-state index contributed by atoms with van der Waals surface area (Å²) in [7, 11) is 0. The van der Waals surface area contributed by atoms with Gasteiger partial charge in [-0.25, -0.2) is 4.79 Å². The number of nitrogens with zero attached hydrogens (tertiary/aromatic N) is 1. The molecule has 1 unspecified atom stereocenters. The summed E-state index contributed by atoms with van der Waals surface area (Å²) >= 11 is 0. The summed E-state index contributed by atoms with van der Waals surface area (Å²) in [6.45, 7) is 0.578. The Hall–Kier alpha value is -3.10. The Balaban J connectivity index is 1.14. The van der Waals surface area contributed by atoms with Crippen molar-refractivity contribution in [2.45, 2.75) is 49.9 Å².